The van der Waals surface area contributed by atoms with Crippen LogP contribution in [0.2, 0.25) is 0 Å². The van der Waals surface area contributed by atoms with Gasteiger partial charge in [0.2, 0.25) is 6.79 Å². The van der Waals surface area contributed by atoms with Crippen LogP contribution in [-0.2, 0) is 6.54 Å². The van der Waals surface area contributed by atoms with Crippen molar-refractivity contribution in [1.29, 1.82) is 0 Å². The molecule has 0 radical (unpaired) electrons. The molecule has 2 aromatic rings. The molecular weight excluding hydrogens is 286 g/mol. The molecule has 1 aromatic heterocycles. The number of hydrogen-bond donors (Lipinski definition) is 2. The maximum atomic E-state index is 5.72. The highest BCUT2D eigenvalue weighted by molar-refractivity contribution is 7.80. The number of thiocarbonyl (C=S) groups is 1. The molecule has 2 heterocycles. The van der Waals surface area contributed by atoms with E-state index in [1.165, 1.54) is 0 Å². The minimum Gasteiger partial charge on any atom is -0.454 e. The van der Waals surface area contributed by atoms with Crippen LogP contribution in [0.25, 0.3) is 0 Å². The first-order chi connectivity index (χ1) is 10.1. The molecule has 6 heteroatoms. The molecule has 108 valence electrons. The molecule has 3 rings (SSSR count). The summed E-state index contributed by atoms with van der Waals surface area (Å²) in [6.07, 6.45) is 0. The summed E-state index contributed by atoms with van der Waals surface area (Å²) >= 11 is 5.05. The quantitative estimate of drug-likeness (QED) is 0.845. The Balaban J connectivity index is 1.78. The number of hydrogen-bond acceptors (Lipinski definition) is 5. The van der Waals surface area contributed by atoms with Gasteiger partial charge in [-0.1, -0.05) is 18.3 Å². The summed E-state index contributed by atoms with van der Waals surface area (Å²) in [5.41, 5.74) is 8.44. The summed E-state index contributed by atoms with van der Waals surface area (Å²) < 4.78 is 10.7. The smallest absolute Gasteiger partial charge is 0.231 e. The van der Waals surface area contributed by atoms with E-state index >= 15 is 0 Å². The van der Waals surface area contributed by atoms with Crippen LogP contribution in [0.4, 0.5) is 5.82 Å². The number of nitrogens with one attached hydrogen (secondary N) is 1. The van der Waals surface area contributed by atoms with Crippen molar-refractivity contribution in [2.24, 2.45) is 5.73 Å². The van der Waals surface area contributed by atoms with E-state index in [0.717, 1.165) is 28.3 Å². The van der Waals surface area contributed by atoms with Gasteiger partial charge in [-0.25, -0.2) is 4.98 Å². The Kier molecular flexibility index (Phi) is 3.62. The number of fused-ring (bicyclic) bond motifs is 1. The van der Waals surface area contributed by atoms with E-state index in [1.807, 2.05) is 37.3 Å². The van der Waals surface area contributed by atoms with Crippen molar-refractivity contribution in [3.63, 3.8) is 0 Å². The molecule has 0 amide bonds. The summed E-state index contributed by atoms with van der Waals surface area (Å²) in [6.45, 7) is 2.80. The predicted octanol–water partition coefficient (Wildman–Crippen LogP) is 2.37. The highest BCUT2D eigenvalue weighted by Gasteiger charge is 2.13. The summed E-state index contributed by atoms with van der Waals surface area (Å²) in [4.78, 5) is 4.78. The largest absolute Gasteiger partial charge is 0.454 e. The summed E-state index contributed by atoms with van der Waals surface area (Å²) in [6, 6.07) is 9.60. The predicted molar refractivity (Wildman–Crippen MR) is 84.8 cm³/mol. The van der Waals surface area contributed by atoms with E-state index in [4.69, 9.17) is 27.4 Å². The molecule has 0 aliphatic carbocycles. The van der Waals surface area contributed by atoms with Gasteiger partial charge in [-0.3, -0.25) is 0 Å². The molecule has 0 saturated carbocycles. The number of benzene rings is 1. The van der Waals surface area contributed by atoms with Crippen LogP contribution in [0.5, 0.6) is 11.5 Å². The Morgan fingerprint density at radius 1 is 1.29 bits per heavy atom. The van der Waals surface area contributed by atoms with Gasteiger partial charge in [0.05, 0.1) is 5.56 Å². The zero-order chi connectivity index (χ0) is 14.8. The van der Waals surface area contributed by atoms with E-state index in [1.54, 1.807) is 0 Å². The Morgan fingerprint density at radius 2 is 2.10 bits per heavy atom. The molecule has 5 nitrogen and oxygen atoms in total. The topological polar surface area (TPSA) is 69.4 Å². The maximum absolute atomic E-state index is 5.72. The van der Waals surface area contributed by atoms with Gasteiger partial charge in [-0.05, 0) is 36.8 Å². The van der Waals surface area contributed by atoms with Gasteiger partial charge in [0.15, 0.2) is 11.5 Å². The Morgan fingerprint density at radius 3 is 2.90 bits per heavy atom. The second-order valence-electron chi connectivity index (χ2n) is 4.75. The summed E-state index contributed by atoms with van der Waals surface area (Å²) in [7, 11) is 0. The van der Waals surface area contributed by atoms with Crippen molar-refractivity contribution in [3.8, 4) is 11.5 Å². The number of pyridine rings is 1. The average Bonchev–Trinajstić information content (AvgIpc) is 2.92. The van der Waals surface area contributed by atoms with Gasteiger partial charge < -0.3 is 20.5 Å². The minimum absolute atomic E-state index is 0.275. The van der Waals surface area contributed by atoms with Crippen molar-refractivity contribution in [3.05, 3.63) is 47.2 Å². The van der Waals surface area contributed by atoms with Crippen LogP contribution in [0.1, 0.15) is 16.8 Å². The van der Waals surface area contributed by atoms with Gasteiger partial charge in [0.25, 0.3) is 0 Å². The third-order valence-corrected chi connectivity index (χ3v) is 3.42. The first kappa shape index (κ1) is 13.6. The molecule has 0 unspecified atom stereocenters. The molecule has 0 fully saturated rings. The first-order valence-corrected chi connectivity index (χ1v) is 6.94. The molecule has 0 spiro atoms. The van der Waals surface area contributed by atoms with Gasteiger partial charge in [0.1, 0.15) is 10.8 Å². The SMILES string of the molecule is Cc1ccc(C(N)=S)c(NCc2ccc3c(c2)OCO3)n1. The van der Waals surface area contributed by atoms with Crippen molar-refractivity contribution in [2.45, 2.75) is 13.5 Å². The summed E-state index contributed by atoms with van der Waals surface area (Å²) in [5.74, 6) is 2.23. The van der Waals surface area contributed by atoms with E-state index in [0.29, 0.717) is 17.4 Å². The molecule has 1 aliphatic rings. The van der Waals surface area contributed by atoms with E-state index in [2.05, 4.69) is 10.3 Å². The molecule has 0 atom stereocenters. The monoisotopic (exact) mass is 301 g/mol. The Labute approximate surface area is 128 Å². The van der Waals surface area contributed by atoms with Crippen molar-refractivity contribution in [2.75, 3.05) is 12.1 Å². The second kappa shape index (κ2) is 5.57. The lowest BCUT2D eigenvalue weighted by atomic mass is 10.2. The van der Waals surface area contributed by atoms with E-state index < -0.39 is 0 Å². The molecule has 21 heavy (non-hydrogen) atoms. The van der Waals surface area contributed by atoms with E-state index in [9.17, 15) is 0 Å². The van der Waals surface area contributed by atoms with Crippen LogP contribution in [0, 0.1) is 6.92 Å². The molecular formula is C15H15N3O2S. The second-order valence-corrected chi connectivity index (χ2v) is 5.19. The number of rotatable bonds is 4. The standard InChI is InChI=1S/C15H15N3O2S/c1-9-2-4-11(14(16)21)15(18-9)17-7-10-3-5-12-13(6-10)20-8-19-12/h2-6H,7-8H2,1H3,(H2,16,21)(H,17,18). The van der Waals surface area contributed by atoms with Crippen LogP contribution in [-0.4, -0.2) is 16.8 Å². The van der Waals surface area contributed by atoms with Gasteiger partial charge in [-0.2, -0.15) is 0 Å². The molecule has 1 aromatic carbocycles. The van der Waals surface area contributed by atoms with Crippen molar-refractivity contribution >= 4 is 23.0 Å². The van der Waals surface area contributed by atoms with Gasteiger partial charge >= 0.3 is 0 Å². The number of nitrogens with zero attached hydrogens (tertiary/aromatic N) is 1. The lowest BCUT2D eigenvalue weighted by Gasteiger charge is -2.11. The molecule has 3 N–H and O–H groups in total. The number of aromatic nitrogens is 1. The third-order valence-electron chi connectivity index (χ3n) is 3.20. The fourth-order valence-corrected chi connectivity index (χ4v) is 2.29. The van der Waals surface area contributed by atoms with Crippen LogP contribution >= 0.6 is 12.2 Å². The third kappa shape index (κ3) is 2.90. The fraction of sp³-hybridized carbons (Fsp3) is 0.200. The highest BCUT2D eigenvalue weighted by atomic mass is 32.1. The van der Waals surface area contributed by atoms with E-state index in [-0.39, 0.29) is 6.79 Å². The molecule has 0 bridgehead atoms. The lowest BCUT2D eigenvalue weighted by molar-refractivity contribution is 0.174. The van der Waals surface area contributed by atoms with Gasteiger partial charge in [0, 0.05) is 12.2 Å². The average molecular weight is 301 g/mol. The Bertz CT molecular complexity index is 703. The van der Waals surface area contributed by atoms with Crippen LogP contribution < -0.4 is 20.5 Å². The number of nitrogens with two attached hydrogens (primary N) is 1. The molecule has 1 aliphatic heterocycles. The fourth-order valence-electron chi connectivity index (χ4n) is 2.13. The van der Waals surface area contributed by atoms with Crippen molar-refractivity contribution in [1.82, 2.24) is 4.98 Å². The zero-order valence-electron chi connectivity index (χ0n) is 11.6. The van der Waals surface area contributed by atoms with Crippen molar-refractivity contribution < 1.29 is 9.47 Å². The van der Waals surface area contributed by atoms with Gasteiger partial charge in [-0.15, -0.1) is 0 Å². The number of aryl methyl sites for hydroxylation is 1. The highest BCUT2D eigenvalue weighted by Crippen LogP contribution is 2.32. The normalized spacial score (nSPS) is 12.2. The summed E-state index contributed by atoms with van der Waals surface area (Å²) in [5, 5.41) is 3.27. The first-order valence-electron chi connectivity index (χ1n) is 6.53. The maximum Gasteiger partial charge on any atom is 0.231 e. The van der Waals surface area contributed by atoms with Crippen LogP contribution in [0.15, 0.2) is 30.3 Å². The number of anilines is 1. The Hall–Kier alpha value is -2.34. The van der Waals surface area contributed by atoms with Crippen LogP contribution in [0.3, 0.4) is 0 Å². The minimum atomic E-state index is 0.275. The lowest BCUT2D eigenvalue weighted by Crippen LogP contribution is -2.14. The zero-order valence-corrected chi connectivity index (χ0v) is 12.4. The number of ether oxygens (including phenoxy) is 2. The molecule has 0 saturated heterocycles.